The fourth-order valence-electron chi connectivity index (χ4n) is 1.39. The van der Waals surface area contributed by atoms with Gasteiger partial charge < -0.3 is 21.9 Å². The van der Waals surface area contributed by atoms with Crippen LogP contribution in [-0.4, -0.2) is 21.0 Å². The average molecular weight is 245 g/mol. The van der Waals surface area contributed by atoms with E-state index in [1.807, 2.05) is 0 Å². The Kier molecular flexibility index (Phi) is 2.96. The highest BCUT2D eigenvalue weighted by Gasteiger charge is 2.03. The number of carbonyl (C=O) groups is 1. The van der Waals surface area contributed by atoms with Gasteiger partial charge in [0.2, 0.25) is 5.95 Å². The van der Waals surface area contributed by atoms with Gasteiger partial charge >= 0.3 is 5.97 Å². The second-order valence-electron chi connectivity index (χ2n) is 3.54. The Bertz CT molecular complexity index is 562. The van der Waals surface area contributed by atoms with Gasteiger partial charge in [-0.3, -0.25) is 0 Å². The number of aromatic carboxylic acids is 1. The van der Waals surface area contributed by atoms with Crippen LogP contribution in [0.3, 0.4) is 0 Å². The number of hydrogen-bond donors (Lipinski definition) is 4. The van der Waals surface area contributed by atoms with Gasteiger partial charge in [0.05, 0.1) is 5.56 Å². The molecule has 1 aromatic heterocycles. The molecule has 7 heteroatoms. The van der Waals surface area contributed by atoms with Crippen LogP contribution in [0.1, 0.15) is 10.4 Å². The molecule has 0 aliphatic carbocycles. The lowest BCUT2D eigenvalue weighted by Gasteiger charge is -2.06. The van der Waals surface area contributed by atoms with E-state index in [2.05, 4.69) is 15.3 Å². The van der Waals surface area contributed by atoms with Crippen LogP contribution in [0.4, 0.5) is 23.3 Å². The third kappa shape index (κ3) is 2.64. The number of nitrogens with two attached hydrogens (primary N) is 2. The molecule has 7 nitrogen and oxygen atoms in total. The molecule has 0 unspecified atom stereocenters. The van der Waals surface area contributed by atoms with Crippen LogP contribution in [0.2, 0.25) is 0 Å². The van der Waals surface area contributed by atoms with E-state index in [0.717, 1.165) is 0 Å². The minimum atomic E-state index is -0.975. The van der Waals surface area contributed by atoms with Gasteiger partial charge in [-0.1, -0.05) is 0 Å². The normalized spacial score (nSPS) is 10.0. The number of nitrogens with one attached hydrogen (secondary N) is 1. The van der Waals surface area contributed by atoms with Gasteiger partial charge in [0.25, 0.3) is 0 Å². The molecule has 1 heterocycles. The summed E-state index contributed by atoms with van der Waals surface area (Å²) in [5, 5.41) is 11.7. The van der Waals surface area contributed by atoms with Gasteiger partial charge in [-0.2, -0.15) is 9.97 Å². The van der Waals surface area contributed by atoms with E-state index in [-0.39, 0.29) is 17.3 Å². The largest absolute Gasteiger partial charge is 0.478 e. The van der Waals surface area contributed by atoms with Gasteiger partial charge in [0.1, 0.15) is 11.6 Å². The quantitative estimate of drug-likeness (QED) is 0.637. The third-order valence-corrected chi connectivity index (χ3v) is 2.17. The number of aromatic nitrogens is 2. The van der Waals surface area contributed by atoms with E-state index in [0.29, 0.717) is 11.5 Å². The fraction of sp³-hybridized carbons (Fsp3) is 0. The van der Waals surface area contributed by atoms with E-state index >= 15 is 0 Å². The van der Waals surface area contributed by atoms with Crippen molar-refractivity contribution in [2.45, 2.75) is 0 Å². The summed E-state index contributed by atoms with van der Waals surface area (Å²) in [6.45, 7) is 0. The van der Waals surface area contributed by atoms with Crippen molar-refractivity contribution in [1.82, 2.24) is 9.97 Å². The summed E-state index contributed by atoms with van der Waals surface area (Å²) in [5.41, 5.74) is 11.9. The summed E-state index contributed by atoms with van der Waals surface area (Å²) in [4.78, 5) is 18.4. The third-order valence-electron chi connectivity index (χ3n) is 2.17. The number of anilines is 4. The van der Waals surface area contributed by atoms with Crippen LogP contribution >= 0.6 is 0 Å². The van der Waals surface area contributed by atoms with Crippen molar-refractivity contribution in [1.29, 1.82) is 0 Å². The van der Waals surface area contributed by atoms with Crippen LogP contribution in [-0.2, 0) is 0 Å². The Hall–Kier alpha value is -2.83. The highest BCUT2D eigenvalue weighted by Crippen LogP contribution is 2.17. The van der Waals surface area contributed by atoms with E-state index < -0.39 is 5.97 Å². The maximum Gasteiger partial charge on any atom is 0.335 e. The first kappa shape index (κ1) is 11.6. The molecule has 0 saturated heterocycles. The Morgan fingerprint density at radius 1 is 1.17 bits per heavy atom. The fourth-order valence-corrected chi connectivity index (χ4v) is 1.39. The Labute approximate surface area is 102 Å². The molecule has 18 heavy (non-hydrogen) atoms. The zero-order chi connectivity index (χ0) is 13.1. The minimum absolute atomic E-state index is 0.0691. The lowest BCUT2D eigenvalue weighted by Crippen LogP contribution is -2.03. The topological polar surface area (TPSA) is 127 Å². The van der Waals surface area contributed by atoms with Crippen molar-refractivity contribution in [2.75, 3.05) is 16.8 Å². The molecule has 1 aromatic carbocycles. The van der Waals surface area contributed by atoms with Crippen LogP contribution < -0.4 is 16.8 Å². The SMILES string of the molecule is Nc1cc(Nc2ccc(C(=O)O)cc2)nc(N)n1. The van der Waals surface area contributed by atoms with Gasteiger partial charge in [-0.25, -0.2) is 4.79 Å². The maximum atomic E-state index is 10.7. The number of benzene rings is 1. The molecule has 0 atom stereocenters. The molecule has 0 aliphatic heterocycles. The standard InChI is InChI=1S/C11H11N5O2/c12-8-5-9(16-11(13)15-8)14-7-3-1-6(2-4-7)10(17)18/h1-5H,(H,17,18)(H5,12,13,14,15,16). The van der Waals surface area contributed by atoms with Crippen LogP contribution in [0.5, 0.6) is 0 Å². The first-order chi connectivity index (χ1) is 8.54. The predicted octanol–water partition coefficient (Wildman–Crippen LogP) is 1.08. The summed E-state index contributed by atoms with van der Waals surface area (Å²) in [7, 11) is 0. The summed E-state index contributed by atoms with van der Waals surface area (Å²) < 4.78 is 0. The van der Waals surface area contributed by atoms with Crippen molar-refractivity contribution in [3.05, 3.63) is 35.9 Å². The van der Waals surface area contributed by atoms with E-state index in [4.69, 9.17) is 16.6 Å². The average Bonchev–Trinajstić information content (AvgIpc) is 2.28. The predicted molar refractivity (Wildman–Crippen MR) is 67.5 cm³/mol. The number of nitrogens with zero attached hydrogens (tertiary/aromatic N) is 2. The molecule has 0 aliphatic rings. The smallest absolute Gasteiger partial charge is 0.335 e. The van der Waals surface area contributed by atoms with Crippen LogP contribution in [0, 0.1) is 0 Å². The molecule has 0 saturated carbocycles. The van der Waals surface area contributed by atoms with Crippen molar-refractivity contribution in [3.63, 3.8) is 0 Å². The lowest BCUT2D eigenvalue weighted by atomic mass is 10.2. The maximum absolute atomic E-state index is 10.7. The molecular formula is C11H11N5O2. The number of carboxylic acid groups (broad SMARTS) is 1. The Morgan fingerprint density at radius 3 is 2.39 bits per heavy atom. The molecule has 2 rings (SSSR count). The molecule has 6 N–H and O–H groups in total. The molecular weight excluding hydrogens is 234 g/mol. The van der Waals surface area contributed by atoms with E-state index in [1.165, 1.54) is 18.2 Å². The summed E-state index contributed by atoms with van der Waals surface area (Å²) in [6.07, 6.45) is 0. The highest BCUT2D eigenvalue weighted by molar-refractivity contribution is 5.88. The van der Waals surface area contributed by atoms with Crippen LogP contribution in [0.15, 0.2) is 30.3 Å². The molecule has 0 bridgehead atoms. The summed E-state index contributed by atoms with van der Waals surface area (Å²) in [6, 6.07) is 7.74. The number of rotatable bonds is 3. The second-order valence-corrected chi connectivity index (χ2v) is 3.54. The van der Waals surface area contributed by atoms with E-state index in [9.17, 15) is 4.79 Å². The molecule has 2 aromatic rings. The minimum Gasteiger partial charge on any atom is -0.478 e. The molecule has 92 valence electrons. The molecule has 0 spiro atoms. The molecule has 0 radical (unpaired) electrons. The summed E-state index contributed by atoms with van der Waals surface area (Å²) >= 11 is 0. The van der Waals surface area contributed by atoms with Gasteiger partial charge in [-0.15, -0.1) is 0 Å². The van der Waals surface area contributed by atoms with Crippen molar-refractivity contribution < 1.29 is 9.90 Å². The second kappa shape index (κ2) is 4.58. The lowest BCUT2D eigenvalue weighted by molar-refractivity contribution is 0.0697. The monoisotopic (exact) mass is 245 g/mol. The van der Waals surface area contributed by atoms with E-state index in [1.54, 1.807) is 12.1 Å². The molecule has 0 amide bonds. The van der Waals surface area contributed by atoms with Crippen molar-refractivity contribution >= 4 is 29.2 Å². The van der Waals surface area contributed by atoms with Crippen molar-refractivity contribution in [2.24, 2.45) is 0 Å². The van der Waals surface area contributed by atoms with Gasteiger partial charge in [0, 0.05) is 11.8 Å². The van der Waals surface area contributed by atoms with Crippen LogP contribution in [0.25, 0.3) is 0 Å². The molecule has 0 fully saturated rings. The highest BCUT2D eigenvalue weighted by atomic mass is 16.4. The Balaban J connectivity index is 2.20. The van der Waals surface area contributed by atoms with Gasteiger partial charge in [0.15, 0.2) is 0 Å². The number of hydrogen-bond acceptors (Lipinski definition) is 6. The van der Waals surface area contributed by atoms with Gasteiger partial charge in [-0.05, 0) is 24.3 Å². The van der Waals surface area contributed by atoms with Crippen molar-refractivity contribution in [3.8, 4) is 0 Å². The number of nitrogen functional groups attached to an aromatic ring is 2. The zero-order valence-corrected chi connectivity index (χ0v) is 9.29. The first-order valence-corrected chi connectivity index (χ1v) is 5.05. The first-order valence-electron chi connectivity index (χ1n) is 5.05. The summed E-state index contributed by atoms with van der Waals surface area (Å²) in [5.74, 6) is -0.202. The Morgan fingerprint density at radius 2 is 1.83 bits per heavy atom. The number of carboxylic acids is 1. The zero-order valence-electron chi connectivity index (χ0n) is 9.29.